The minimum absolute atomic E-state index is 0.261. The van der Waals surface area contributed by atoms with Gasteiger partial charge in [0.1, 0.15) is 17.5 Å². The number of carbonyl (C=O) groups is 2. The highest BCUT2D eigenvalue weighted by molar-refractivity contribution is 5.85. The van der Waals surface area contributed by atoms with Gasteiger partial charge < -0.3 is 15.0 Å². The van der Waals surface area contributed by atoms with Crippen molar-refractivity contribution >= 4 is 12.0 Å². The summed E-state index contributed by atoms with van der Waals surface area (Å²) in [6.07, 6.45) is -0.646. The molecule has 5 nitrogen and oxygen atoms in total. The number of ether oxygens (including phenoxy) is 1. The fourth-order valence-electron chi connectivity index (χ4n) is 1.86. The van der Waals surface area contributed by atoms with Crippen molar-refractivity contribution in [1.82, 2.24) is 10.2 Å². The van der Waals surface area contributed by atoms with E-state index in [1.165, 1.54) is 17.0 Å². The van der Waals surface area contributed by atoms with Gasteiger partial charge in [-0.3, -0.25) is 4.79 Å². The second-order valence-electron chi connectivity index (χ2n) is 6.19. The molecule has 0 aromatic heterocycles. The minimum atomic E-state index is -0.728. The predicted molar refractivity (Wildman–Crippen MR) is 81.7 cm³/mol. The number of carbonyl (C=O) groups excluding carboxylic acids is 2. The molecule has 1 N–H and O–H groups in total. The Morgan fingerprint density at radius 3 is 2.55 bits per heavy atom. The van der Waals surface area contributed by atoms with Crippen molar-refractivity contribution in [2.24, 2.45) is 0 Å². The second kappa shape index (κ2) is 7.24. The molecule has 0 aliphatic carbocycles. The summed E-state index contributed by atoms with van der Waals surface area (Å²) in [5.74, 6) is -0.631. The summed E-state index contributed by atoms with van der Waals surface area (Å²) in [7, 11) is 1.60. The SMILES string of the molecule is C[C@@H](NC(=O)OC(C)(C)C)C(=O)N(C)Cc1cccc(F)c1. The van der Waals surface area contributed by atoms with Crippen LogP contribution in [0.15, 0.2) is 24.3 Å². The van der Waals surface area contributed by atoms with Gasteiger partial charge in [0.2, 0.25) is 5.91 Å². The molecule has 1 aromatic rings. The monoisotopic (exact) mass is 310 g/mol. The first-order valence-electron chi connectivity index (χ1n) is 7.07. The van der Waals surface area contributed by atoms with Gasteiger partial charge in [0.15, 0.2) is 0 Å². The Morgan fingerprint density at radius 2 is 2.00 bits per heavy atom. The molecule has 1 rings (SSSR count). The molecular formula is C16H23FN2O3. The lowest BCUT2D eigenvalue weighted by Crippen LogP contribution is -2.46. The average Bonchev–Trinajstić information content (AvgIpc) is 2.35. The Morgan fingerprint density at radius 1 is 1.36 bits per heavy atom. The first-order valence-corrected chi connectivity index (χ1v) is 7.07. The maximum absolute atomic E-state index is 13.1. The molecule has 0 bridgehead atoms. The van der Waals surface area contributed by atoms with Crippen LogP contribution in [-0.2, 0) is 16.1 Å². The fraction of sp³-hybridized carbons (Fsp3) is 0.500. The normalized spacial score (nSPS) is 12.5. The summed E-state index contributed by atoms with van der Waals surface area (Å²) in [6, 6.07) is 5.31. The Kier molecular flexibility index (Phi) is 5.91. The molecule has 0 spiro atoms. The molecular weight excluding hydrogens is 287 g/mol. The van der Waals surface area contributed by atoms with Gasteiger partial charge in [-0.1, -0.05) is 12.1 Å². The zero-order chi connectivity index (χ0) is 16.9. The van der Waals surface area contributed by atoms with Crippen LogP contribution in [0, 0.1) is 5.82 Å². The number of nitrogens with zero attached hydrogens (tertiary/aromatic N) is 1. The van der Waals surface area contributed by atoms with Crippen LogP contribution in [0.3, 0.4) is 0 Å². The Labute approximate surface area is 130 Å². The van der Waals surface area contributed by atoms with Crippen molar-refractivity contribution in [2.75, 3.05) is 7.05 Å². The van der Waals surface area contributed by atoms with E-state index in [1.807, 2.05) is 0 Å². The molecule has 0 fully saturated rings. The van der Waals surface area contributed by atoms with Crippen LogP contribution in [0.1, 0.15) is 33.3 Å². The Bertz CT molecular complexity index is 540. The van der Waals surface area contributed by atoms with Gasteiger partial charge in [-0.05, 0) is 45.4 Å². The second-order valence-corrected chi connectivity index (χ2v) is 6.19. The summed E-state index contributed by atoms with van der Waals surface area (Å²) in [5.41, 5.74) is 0.0562. The van der Waals surface area contributed by atoms with Gasteiger partial charge in [0.05, 0.1) is 0 Å². The van der Waals surface area contributed by atoms with E-state index in [2.05, 4.69) is 5.32 Å². The molecule has 2 amide bonds. The highest BCUT2D eigenvalue weighted by Crippen LogP contribution is 2.09. The molecule has 1 aromatic carbocycles. The number of benzene rings is 1. The van der Waals surface area contributed by atoms with Gasteiger partial charge in [-0.2, -0.15) is 0 Å². The molecule has 0 saturated heterocycles. The largest absolute Gasteiger partial charge is 0.444 e. The fourth-order valence-corrected chi connectivity index (χ4v) is 1.86. The van der Waals surface area contributed by atoms with Crippen LogP contribution >= 0.6 is 0 Å². The van der Waals surface area contributed by atoms with Crippen LogP contribution in [-0.4, -0.2) is 35.6 Å². The Hall–Kier alpha value is -2.11. The number of hydrogen-bond acceptors (Lipinski definition) is 3. The number of nitrogens with one attached hydrogen (secondary N) is 1. The first kappa shape index (κ1) is 17.9. The molecule has 6 heteroatoms. The van der Waals surface area contributed by atoms with E-state index in [0.29, 0.717) is 5.56 Å². The van der Waals surface area contributed by atoms with E-state index in [9.17, 15) is 14.0 Å². The highest BCUT2D eigenvalue weighted by Gasteiger charge is 2.23. The van der Waals surface area contributed by atoms with Gasteiger partial charge >= 0.3 is 6.09 Å². The van der Waals surface area contributed by atoms with E-state index < -0.39 is 17.7 Å². The summed E-state index contributed by atoms with van der Waals surface area (Å²) in [5, 5.41) is 2.49. The topological polar surface area (TPSA) is 58.6 Å². The molecule has 0 unspecified atom stereocenters. The van der Waals surface area contributed by atoms with Gasteiger partial charge in [0.25, 0.3) is 0 Å². The van der Waals surface area contributed by atoms with Crippen molar-refractivity contribution in [3.8, 4) is 0 Å². The lowest BCUT2D eigenvalue weighted by Gasteiger charge is -2.24. The zero-order valence-corrected chi connectivity index (χ0v) is 13.6. The summed E-state index contributed by atoms with van der Waals surface area (Å²) >= 11 is 0. The molecule has 0 saturated carbocycles. The van der Waals surface area contributed by atoms with Gasteiger partial charge in [-0.25, -0.2) is 9.18 Å². The number of hydrogen-bond donors (Lipinski definition) is 1. The molecule has 22 heavy (non-hydrogen) atoms. The standard InChI is InChI=1S/C16H23FN2O3/c1-11(18-15(21)22-16(2,3)4)14(20)19(5)10-12-7-6-8-13(17)9-12/h6-9,11H,10H2,1-5H3,(H,18,21)/t11-/m1/s1. The third-order valence-electron chi connectivity index (χ3n) is 2.79. The highest BCUT2D eigenvalue weighted by atomic mass is 19.1. The van der Waals surface area contributed by atoms with Gasteiger partial charge in [-0.15, -0.1) is 0 Å². The van der Waals surface area contributed by atoms with Crippen LogP contribution in [0.4, 0.5) is 9.18 Å². The molecule has 0 radical (unpaired) electrons. The number of halogens is 1. The van der Waals surface area contributed by atoms with Crippen LogP contribution in [0.2, 0.25) is 0 Å². The third-order valence-corrected chi connectivity index (χ3v) is 2.79. The van der Waals surface area contributed by atoms with E-state index in [1.54, 1.807) is 46.9 Å². The maximum Gasteiger partial charge on any atom is 0.408 e. The lowest BCUT2D eigenvalue weighted by molar-refractivity contribution is -0.132. The zero-order valence-electron chi connectivity index (χ0n) is 13.6. The van der Waals surface area contributed by atoms with E-state index >= 15 is 0 Å². The number of rotatable bonds is 4. The summed E-state index contributed by atoms with van der Waals surface area (Å²) < 4.78 is 18.2. The maximum atomic E-state index is 13.1. The molecule has 122 valence electrons. The van der Waals surface area contributed by atoms with E-state index in [-0.39, 0.29) is 18.3 Å². The molecule has 0 aliphatic heterocycles. The van der Waals surface area contributed by atoms with Gasteiger partial charge in [0, 0.05) is 13.6 Å². The van der Waals surface area contributed by atoms with E-state index in [4.69, 9.17) is 4.74 Å². The van der Waals surface area contributed by atoms with Crippen molar-refractivity contribution in [2.45, 2.75) is 45.9 Å². The number of likely N-dealkylation sites (N-methyl/N-ethyl adjacent to an activating group) is 1. The van der Waals surface area contributed by atoms with Crippen molar-refractivity contribution in [3.05, 3.63) is 35.6 Å². The van der Waals surface area contributed by atoms with Crippen LogP contribution in [0.5, 0.6) is 0 Å². The first-order chi connectivity index (χ1) is 10.1. The molecule has 1 atom stereocenters. The van der Waals surface area contributed by atoms with Crippen molar-refractivity contribution in [1.29, 1.82) is 0 Å². The smallest absolute Gasteiger partial charge is 0.408 e. The lowest BCUT2D eigenvalue weighted by atomic mass is 10.2. The predicted octanol–water partition coefficient (Wildman–Crippen LogP) is 2.70. The van der Waals surface area contributed by atoms with Crippen LogP contribution in [0.25, 0.3) is 0 Å². The number of amides is 2. The van der Waals surface area contributed by atoms with Crippen molar-refractivity contribution in [3.63, 3.8) is 0 Å². The molecule has 0 heterocycles. The minimum Gasteiger partial charge on any atom is -0.444 e. The van der Waals surface area contributed by atoms with Crippen molar-refractivity contribution < 1.29 is 18.7 Å². The molecule has 0 aliphatic rings. The van der Waals surface area contributed by atoms with Crippen LogP contribution < -0.4 is 5.32 Å². The van der Waals surface area contributed by atoms with E-state index in [0.717, 1.165) is 0 Å². The Balaban J connectivity index is 2.57. The summed E-state index contributed by atoms with van der Waals surface area (Å²) in [6.45, 7) is 7.07. The average molecular weight is 310 g/mol. The third kappa shape index (κ3) is 6.11. The quantitative estimate of drug-likeness (QED) is 0.930. The number of alkyl carbamates (subject to hydrolysis) is 1. The summed E-state index contributed by atoms with van der Waals surface area (Å²) in [4.78, 5) is 25.3.